The van der Waals surface area contributed by atoms with Gasteiger partial charge in [-0.25, -0.2) is 0 Å². The van der Waals surface area contributed by atoms with Gasteiger partial charge in [0.1, 0.15) is 6.10 Å². The molecule has 0 N–H and O–H groups in total. The highest BCUT2D eigenvalue weighted by Gasteiger charge is 2.22. The minimum Gasteiger partial charge on any atom is -0.393 e. The Balaban J connectivity index is 2.15. The Bertz CT molecular complexity index is 267. The number of nitrogens with zero attached hydrogens (tertiary/aromatic N) is 2. The summed E-state index contributed by atoms with van der Waals surface area (Å²) in [5.74, 6) is 0.572. The Morgan fingerprint density at radius 1 is 1.67 bits per heavy atom. The van der Waals surface area contributed by atoms with E-state index in [2.05, 4.69) is 18.9 Å². The number of aromatic nitrogens is 2. The predicted molar refractivity (Wildman–Crippen MR) is 45.8 cm³/mol. The van der Waals surface area contributed by atoms with E-state index in [1.165, 1.54) is 5.69 Å². The maximum atomic E-state index is 5.64. The van der Waals surface area contributed by atoms with Gasteiger partial charge in [0.05, 0.1) is 11.9 Å². The minimum atomic E-state index is 0.331. The maximum Gasteiger partial charge on any atom is 0.130 e. The second-order valence-corrected chi connectivity index (χ2v) is 3.62. The van der Waals surface area contributed by atoms with Crippen molar-refractivity contribution in [1.82, 2.24) is 9.94 Å². The molecule has 0 radical (unpaired) electrons. The summed E-state index contributed by atoms with van der Waals surface area (Å²) in [6, 6.07) is 2.01. The molecule has 66 valence electrons. The van der Waals surface area contributed by atoms with Crippen molar-refractivity contribution in [1.29, 1.82) is 0 Å². The molecule has 1 atom stereocenters. The lowest BCUT2D eigenvalue weighted by Crippen LogP contribution is -2.36. The van der Waals surface area contributed by atoms with Gasteiger partial charge < -0.3 is 4.84 Å². The zero-order chi connectivity index (χ0) is 8.55. The fourth-order valence-electron chi connectivity index (χ4n) is 1.52. The molecule has 12 heavy (non-hydrogen) atoms. The van der Waals surface area contributed by atoms with Crippen molar-refractivity contribution in [3.8, 4) is 0 Å². The zero-order valence-electron chi connectivity index (χ0n) is 7.53. The van der Waals surface area contributed by atoms with E-state index in [9.17, 15) is 0 Å². The van der Waals surface area contributed by atoms with Crippen LogP contribution in [0.3, 0.4) is 0 Å². The molecule has 1 aliphatic rings. The van der Waals surface area contributed by atoms with Crippen LogP contribution < -0.4 is 4.84 Å². The SMILES string of the molecule is CC(C)C1CCc2ccnn2O1. The summed E-state index contributed by atoms with van der Waals surface area (Å²) in [5, 5.41) is 4.08. The van der Waals surface area contributed by atoms with Gasteiger partial charge >= 0.3 is 0 Å². The number of hydrogen-bond acceptors (Lipinski definition) is 2. The molecule has 1 aromatic heterocycles. The van der Waals surface area contributed by atoms with Crippen LogP contribution in [0.5, 0.6) is 0 Å². The van der Waals surface area contributed by atoms with Crippen LogP contribution >= 0.6 is 0 Å². The Hall–Kier alpha value is -0.990. The Morgan fingerprint density at radius 3 is 3.25 bits per heavy atom. The number of fused-ring (bicyclic) bond motifs is 1. The topological polar surface area (TPSA) is 27.1 Å². The summed E-state index contributed by atoms with van der Waals surface area (Å²) < 4.78 is 0. The third kappa shape index (κ3) is 1.19. The van der Waals surface area contributed by atoms with Crippen LogP contribution in [0.1, 0.15) is 26.0 Å². The highest BCUT2D eigenvalue weighted by molar-refractivity contribution is 5.01. The fraction of sp³-hybridized carbons (Fsp3) is 0.667. The van der Waals surface area contributed by atoms with Crippen LogP contribution in [0.4, 0.5) is 0 Å². The summed E-state index contributed by atoms with van der Waals surface area (Å²) in [6.45, 7) is 4.36. The second-order valence-electron chi connectivity index (χ2n) is 3.62. The van der Waals surface area contributed by atoms with E-state index in [1.807, 2.05) is 6.07 Å². The van der Waals surface area contributed by atoms with Crippen molar-refractivity contribution < 1.29 is 4.84 Å². The molecule has 1 aliphatic heterocycles. The number of aryl methyl sites for hydroxylation is 1. The van der Waals surface area contributed by atoms with Gasteiger partial charge in [-0.2, -0.15) is 0 Å². The maximum absolute atomic E-state index is 5.64. The van der Waals surface area contributed by atoms with E-state index in [1.54, 1.807) is 11.0 Å². The molecule has 0 amide bonds. The number of rotatable bonds is 1. The van der Waals surface area contributed by atoms with Crippen molar-refractivity contribution in [2.45, 2.75) is 32.8 Å². The molecule has 1 unspecified atom stereocenters. The predicted octanol–water partition coefficient (Wildman–Crippen LogP) is 1.28. The van der Waals surface area contributed by atoms with Gasteiger partial charge in [0.2, 0.25) is 0 Å². The Kier molecular flexibility index (Phi) is 1.79. The van der Waals surface area contributed by atoms with Gasteiger partial charge in [-0.1, -0.05) is 13.8 Å². The van der Waals surface area contributed by atoms with Crippen LogP contribution in [0.25, 0.3) is 0 Å². The first-order chi connectivity index (χ1) is 5.77. The summed E-state index contributed by atoms with van der Waals surface area (Å²) in [4.78, 5) is 7.30. The normalized spacial score (nSPS) is 22.1. The van der Waals surface area contributed by atoms with E-state index < -0.39 is 0 Å². The van der Waals surface area contributed by atoms with Crippen LogP contribution in [-0.2, 0) is 6.42 Å². The molecule has 0 bridgehead atoms. The molecule has 0 saturated heterocycles. The van der Waals surface area contributed by atoms with E-state index >= 15 is 0 Å². The van der Waals surface area contributed by atoms with E-state index in [4.69, 9.17) is 4.84 Å². The molecule has 0 fully saturated rings. The highest BCUT2D eigenvalue weighted by Crippen LogP contribution is 2.17. The van der Waals surface area contributed by atoms with Crippen LogP contribution in [0.15, 0.2) is 12.3 Å². The summed E-state index contributed by atoms with van der Waals surface area (Å²) >= 11 is 0. The van der Waals surface area contributed by atoms with Gasteiger partial charge in [0.15, 0.2) is 0 Å². The first-order valence-corrected chi connectivity index (χ1v) is 4.47. The lowest BCUT2D eigenvalue weighted by atomic mass is 10.0. The molecule has 0 saturated carbocycles. The quantitative estimate of drug-likeness (QED) is 0.628. The van der Waals surface area contributed by atoms with Crippen molar-refractivity contribution in [2.24, 2.45) is 5.92 Å². The molecule has 3 heteroatoms. The summed E-state index contributed by atoms with van der Waals surface area (Å²) in [5.41, 5.74) is 1.19. The van der Waals surface area contributed by atoms with E-state index in [0.29, 0.717) is 12.0 Å². The Labute approximate surface area is 72.3 Å². The lowest BCUT2D eigenvalue weighted by Gasteiger charge is -2.26. The van der Waals surface area contributed by atoms with Crippen LogP contribution in [0, 0.1) is 5.92 Å². The molecule has 3 nitrogen and oxygen atoms in total. The lowest BCUT2D eigenvalue weighted by molar-refractivity contribution is -0.0358. The first kappa shape index (κ1) is 7.65. The average molecular weight is 166 g/mol. The third-order valence-electron chi connectivity index (χ3n) is 2.35. The van der Waals surface area contributed by atoms with Crippen molar-refractivity contribution in [3.63, 3.8) is 0 Å². The molecule has 0 aromatic carbocycles. The molecule has 0 spiro atoms. The van der Waals surface area contributed by atoms with E-state index in [0.717, 1.165) is 12.8 Å². The zero-order valence-corrected chi connectivity index (χ0v) is 7.53. The standard InChI is InChI=1S/C9H14N2O/c1-7(2)9-4-3-8-5-6-10-11(8)12-9/h5-7,9H,3-4H2,1-2H3. The molecule has 1 aromatic rings. The van der Waals surface area contributed by atoms with E-state index in [-0.39, 0.29) is 0 Å². The monoisotopic (exact) mass is 166 g/mol. The van der Waals surface area contributed by atoms with Crippen molar-refractivity contribution in [3.05, 3.63) is 18.0 Å². The van der Waals surface area contributed by atoms with Gasteiger partial charge in [-0.15, -0.1) is 9.94 Å². The smallest absolute Gasteiger partial charge is 0.130 e. The van der Waals surface area contributed by atoms with Gasteiger partial charge in [0, 0.05) is 0 Å². The number of hydrogen-bond donors (Lipinski definition) is 0. The molecular weight excluding hydrogens is 152 g/mol. The van der Waals surface area contributed by atoms with Crippen LogP contribution in [0.2, 0.25) is 0 Å². The molecule has 2 heterocycles. The van der Waals surface area contributed by atoms with Gasteiger partial charge in [0.25, 0.3) is 0 Å². The largest absolute Gasteiger partial charge is 0.393 e. The van der Waals surface area contributed by atoms with Crippen molar-refractivity contribution >= 4 is 0 Å². The first-order valence-electron chi connectivity index (χ1n) is 4.47. The fourth-order valence-corrected chi connectivity index (χ4v) is 1.52. The molecule has 0 aliphatic carbocycles. The minimum absolute atomic E-state index is 0.331. The highest BCUT2D eigenvalue weighted by atomic mass is 16.7. The summed E-state index contributed by atoms with van der Waals surface area (Å²) in [6.07, 6.45) is 4.32. The average Bonchev–Trinajstić information content (AvgIpc) is 2.49. The van der Waals surface area contributed by atoms with Crippen molar-refractivity contribution in [2.75, 3.05) is 0 Å². The third-order valence-corrected chi connectivity index (χ3v) is 2.35. The molecule has 2 rings (SSSR count). The molecular formula is C9H14N2O. The van der Waals surface area contributed by atoms with Crippen LogP contribution in [-0.4, -0.2) is 16.0 Å². The summed E-state index contributed by atoms with van der Waals surface area (Å²) in [7, 11) is 0. The Morgan fingerprint density at radius 2 is 2.50 bits per heavy atom. The second kappa shape index (κ2) is 2.81. The van der Waals surface area contributed by atoms with Gasteiger partial charge in [-0.3, -0.25) is 0 Å². The van der Waals surface area contributed by atoms with Gasteiger partial charge in [-0.05, 0) is 24.8 Å².